The van der Waals surface area contributed by atoms with Gasteiger partial charge in [-0.25, -0.2) is 4.98 Å². The van der Waals surface area contributed by atoms with Gasteiger partial charge in [0.15, 0.2) is 5.13 Å². The van der Waals surface area contributed by atoms with Gasteiger partial charge in [0.1, 0.15) is 0 Å². The van der Waals surface area contributed by atoms with Crippen LogP contribution in [0.4, 0.5) is 5.13 Å². The third-order valence-corrected chi connectivity index (χ3v) is 6.23. The molecule has 2 aromatic carbocycles. The zero-order valence-electron chi connectivity index (χ0n) is 16.8. The molecule has 0 unspecified atom stereocenters. The lowest BCUT2D eigenvalue weighted by molar-refractivity contribution is -0.116. The minimum Gasteiger partial charge on any atom is -0.302 e. The lowest BCUT2D eigenvalue weighted by Crippen LogP contribution is -2.46. The third-order valence-electron chi connectivity index (χ3n) is 5.24. The van der Waals surface area contributed by atoms with Gasteiger partial charge in [0.2, 0.25) is 5.91 Å². The highest BCUT2D eigenvalue weighted by molar-refractivity contribution is 7.14. The predicted molar refractivity (Wildman–Crippen MR) is 124 cm³/mol. The average molecular weight is 441 g/mol. The maximum Gasteiger partial charge on any atom is 0.227 e. The molecule has 0 saturated carbocycles. The normalized spacial score (nSPS) is 15.2. The van der Waals surface area contributed by atoms with E-state index in [-0.39, 0.29) is 5.91 Å². The Labute approximate surface area is 186 Å². The molecule has 1 aliphatic heterocycles. The fourth-order valence-corrected chi connectivity index (χ4v) is 4.53. The predicted octanol–water partition coefficient (Wildman–Crippen LogP) is 4.61. The standard InChI is InChI=1S/C23H25ClN4OS/c24-20-8-4-5-18(15-20)16-28-13-11-27(12-14-28)10-9-22(29)26-23-25-21(17-30-23)19-6-2-1-3-7-19/h1-8,15,17H,9-14,16H2,(H,25,26,29). The van der Waals surface area contributed by atoms with E-state index in [0.29, 0.717) is 11.6 Å². The Kier molecular flexibility index (Phi) is 7.12. The van der Waals surface area contributed by atoms with E-state index in [4.69, 9.17) is 11.6 Å². The molecule has 30 heavy (non-hydrogen) atoms. The second kappa shape index (κ2) is 10.2. The molecule has 0 aliphatic carbocycles. The number of benzene rings is 2. The van der Waals surface area contributed by atoms with Gasteiger partial charge in [-0.1, -0.05) is 54.1 Å². The van der Waals surface area contributed by atoms with E-state index in [2.05, 4.69) is 26.2 Å². The molecule has 5 nitrogen and oxygen atoms in total. The van der Waals surface area contributed by atoms with Crippen molar-refractivity contribution in [2.75, 3.05) is 38.0 Å². The van der Waals surface area contributed by atoms with Crippen LogP contribution in [-0.2, 0) is 11.3 Å². The van der Waals surface area contributed by atoms with Gasteiger partial charge in [-0.3, -0.25) is 9.69 Å². The van der Waals surface area contributed by atoms with Gasteiger partial charge in [-0.2, -0.15) is 0 Å². The molecule has 0 atom stereocenters. The molecule has 3 aromatic rings. The van der Waals surface area contributed by atoms with Gasteiger partial charge < -0.3 is 10.2 Å². The van der Waals surface area contributed by atoms with E-state index in [9.17, 15) is 4.79 Å². The number of aromatic nitrogens is 1. The van der Waals surface area contributed by atoms with E-state index >= 15 is 0 Å². The molecule has 1 N–H and O–H groups in total. The topological polar surface area (TPSA) is 48.5 Å². The van der Waals surface area contributed by atoms with Crippen LogP contribution in [0.25, 0.3) is 11.3 Å². The van der Waals surface area contributed by atoms with Crippen molar-refractivity contribution in [3.63, 3.8) is 0 Å². The molecule has 1 fully saturated rings. The van der Waals surface area contributed by atoms with Gasteiger partial charge in [-0.05, 0) is 17.7 Å². The zero-order chi connectivity index (χ0) is 20.8. The Morgan fingerprint density at radius 1 is 1.03 bits per heavy atom. The Morgan fingerprint density at radius 3 is 2.57 bits per heavy atom. The number of nitrogens with zero attached hydrogens (tertiary/aromatic N) is 3. The number of anilines is 1. The lowest BCUT2D eigenvalue weighted by Gasteiger charge is -2.34. The quantitative estimate of drug-likeness (QED) is 0.582. The summed E-state index contributed by atoms with van der Waals surface area (Å²) in [6.45, 7) is 5.64. The van der Waals surface area contributed by atoms with Crippen molar-refractivity contribution < 1.29 is 4.79 Å². The Bertz CT molecular complexity index is 970. The first-order chi connectivity index (χ1) is 14.7. The molecular weight excluding hydrogens is 416 g/mol. The highest BCUT2D eigenvalue weighted by Gasteiger charge is 2.18. The first kappa shape index (κ1) is 21.0. The smallest absolute Gasteiger partial charge is 0.227 e. The summed E-state index contributed by atoms with van der Waals surface area (Å²) < 4.78 is 0. The van der Waals surface area contributed by atoms with Crippen molar-refractivity contribution >= 4 is 34.0 Å². The van der Waals surface area contributed by atoms with E-state index in [1.807, 2.05) is 53.9 Å². The van der Waals surface area contributed by atoms with Crippen LogP contribution in [-0.4, -0.2) is 53.4 Å². The number of rotatable bonds is 7. The largest absolute Gasteiger partial charge is 0.302 e. The van der Waals surface area contributed by atoms with Crippen LogP contribution in [0.2, 0.25) is 5.02 Å². The third kappa shape index (κ3) is 5.89. The first-order valence-electron chi connectivity index (χ1n) is 10.2. The SMILES string of the molecule is O=C(CCN1CCN(Cc2cccc(Cl)c2)CC1)Nc1nc(-c2ccccc2)cs1. The molecule has 4 rings (SSSR count). The molecule has 1 aromatic heterocycles. The molecule has 7 heteroatoms. The average Bonchev–Trinajstić information content (AvgIpc) is 3.22. The number of amides is 1. The van der Waals surface area contributed by atoms with Gasteiger partial charge >= 0.3 is 0 Å². The number of nitrogens with one attached hydrogen (secondary N) is 1. The molecule has 1 amide bonds. The van der Waals surface area contributed by atoms with Crippen molar-refractivity contribution in [3.05, 3.63) is 70.6 Å². The Hall–Kier alpha value is -2.25. The number of hydrogen-bond acceptors (Lipinski definition) is 5. The fourth-order valence-electron chi connectivity index (χ4n) is 3.58. The number of carbonyl (C=O) groups is 1. The summed E-state index contributed by atoms with van der Waals surface area (Å²) in [5.74, 6) is 0.0188. The number of hydrogen-bond donors (Lipinski definition) is 1. The minimum atomic E-state index is 0.0188. The monoisotopic (exact) mass is 440 g/mol. The van der Waals surface area contributed by atoms with Gasteiger partial charge in [0, 0.05) is 61.7 Å². The lowest BCUT2D eigenvalue weighted by atomic mass is 10.2. The van der Waals surface area contributed by atoms with E-state index in [1.54, 1.807) is 0 Å². The summed E-state index contributed by atoms with van der Waals surface area (Å²) in [4.78, 5) is 21.7. The Morgan fingerprint density at radius 2 is 1.80 bits per heavy atom. The fraction of sp³-hybridized carbons (Fsp3) is 0.304. The highest BCUT2D eigenvalue weighted by atomic mass is 35.5. The minimum absolute atomic E-state index is 0.0188. The summed E-state index contributed by atoms with van der Waals surface area (Å²) >= 11 is 7.54. The molecule has 1 saturated heterocycles. The first-order valence-corrected chi connectivity index (χ1v) is 11.4. The summed E-state index contributed by atoms with van der Waals surface area (Å²) in [7, 11) is 0. The van der Waals surface area contributed by atoms with Crippen molar-refractivity contribution in [3.8, 4) is 11.3 Å². The van der Waals surface area contributed by atoms with Crippen molar-refractivity contribution in [2.24, 2.45) is 0 Å². The van der Waals surface area contributed by atoms with Gasteiger partial charge in [0.05, 0.1) is 5.69 Å². The second-order valence-electron chi connectivity index (χ2n) is 7.45. The van der Waals surface area contributed by atoms with Gasteiger partial charge in [0.25, 0.3) is 0 Å². The van der Waals surface area contributed by atoms with Crippen LogP contribution < -0.4 is 5.32 Å². The Balaban J connectivity index is 1.19. The van der Waals surface area contributed by atoms with Crippen LogP contribution >= 0.6 is 22.9 Å². The van der Waals surface area contributed by atoms with Gasteiger partial charge in [-0.15, -0.1) is 11.3 Å². The van der Waals surface area contributed by atoms with Crippen LogP contribution in [0.15, 0.2) is 60.0 Å². The molecule has 2 heterocycles. The van der Waals surface area contributed by atoms with Crippen LogP contribution in [0.5, 0.6) is 0 Å². The number of halogens is 1. The molecular formula is C23H25ClN4OS. The second-order valence-corrected chi connectivity index (χ2v) is 8.74. The van der Waals surface area contributed by atoms with Crippen LogP contribution in [0, 0.1) is 0 Å². The number of carbonyl (C=O) groups excluding carboxylic acids is 1. The van der Waals surface area contributed by atoms with Crippen molar-refractivity contribution in [1.82, 2.24) is 14.8 Å². The number of thiazole rings is 1. The maximum absolute atomic E-state index is 12.3. The van der Waals surface area contributed by atoms with E-state index in [1.165, 1.54) is 16.9 Å². The van der Waals surface area contributed by atoms with E-state index in [0.717, 1.165) is 55.5 Å². The highest BCUT2D eigenvalue weighted by Crippen LogP contribution is 2.24. The zero-order valence-corrected chi connectivity index (χ0v) is 18.3. The van der Waals surface area contributed by atoms with Crippen LogP contribution in [0.1, 0.15) is 12.0 Å². The summed E-state index contributed by atoms with van der Waals surface area (Å²) in [6.07, 6.45) is 0.481. The van der Waals surface area contributed by atoms with Crippen molar-refractivity contribution in [1.29, 1.82) is 0 Å². The van der Waals surface area contributed by atoms with Crippen LogP contribution in [0.3, 0.4) is 0 Å². The van der Waals surface area contributed by atoms with Crippen molar-refractivity contribution in [2.45, 2.75) is 13.0 Å². The summed E-state index contributed by atoms with van der Waals surface area (Å²) in [5, 5.41) is 6.36. The summed E-state index contributed by atoms with van der Waals surface area (Å²) in [6, 6.07) is 18.0. The summed E-state index contributed by atoms with van der Waals surface area (Å²) in [5.41, 5.74) is 3.20. The molecule has 0 radical (unpaired) electrons. The molecule has 0 bridgehead atoms. The molecule has 156 valence electrons. The van der Waals surface area contributed by atoms with E-state index < -0.39 is 0 Å². The molecule has 0 spiro atoms. The molecule has 1 aliphatic rings. The number of piperazine rings is 1. The maximum atomic E-state index is 12.3.